The zero-order chi connectivity index (χ0) is 22.8. The summed E-state index contributed by atoms with van der Waals surface area (Å²) in [4.78, 5) is 23.9. The van der Waals surface area contributed by atoms with Gasteiger partial charge in [-0.1, -0.05) is 0 Å². The Morgan fingerprint density at radius 3 is 2.45 bits per heavy atom. The van der Waals surface area contributed by atoms with Crippen LogP contribution in [0.5, 0.6) is 0 Å². The summed E-state index contributed by atoms with van der Waals surface area (Å²) in [5, 5.41) is 7.24. The number of aromatic nitrogens is 2. The molecule has 0 aromatic carbocycles. The van der Waals surface area contributed by atoms with Gasteiger partial charge in [0.15, 0.2) is 5.13 Å². The van der Waals surface area contributed by atoms with E-state index >= 15 is 0 Å². The molecule has 0 aliphatic heterocycles. The molecule has 0 atom stereocenters. The number of rotatable bonds is 6. The first kappa shape index (κ1) is 23.3. The van der Waals surface area contributed by atoms with E-state index in [-0.39, 0.29) is 17.4 Å². The molecular weight excluding hydrogens is 427 g/mol. The van der Waals surface area contributed by atoms with E-state index < -0.39 is 17.6 Å². The third-order valence-corrected chi connectivity index (χ3v) is 6.65. The smallest absolute Gasteiger partial charge is 0.362 e. The van der Waals surface area contributed by atoms with Crippen LogP contribution >= 0.6 is 11.3 Å². The first-order chi connectivity index (χ1) is 14.5. The average Bonchev–Trinajstić information content (AvgIpc) is 3.03. The summed E-state index contributed by atoms with van der Waals surface area (Å²) in [6.45, 7) is 4.87. The Morgan fingerprint density at radius 2 is 1.90 bits per heavy atom. The first-order valence-electron chi connectivity index (χ1n) is 10.3. The number of halogens is 3. The van der Waals surface area contributed by atoms with Crippen molar-refractivity contribution in [2.24, 2.45) is 5.92 Å². The monoisotopic (exact) mass is 455 g/mol. The fourth-order valence-electron chi connectivity index (χ4n) is 3.69. The van der Waals surface area contributed by atoms with E-state index in [2.05, 4.69) is 20.6 Å². The molecule has 2 heterocycles. The Kier molecular flexibility index (Phi) is 7.08. The number of anilines is 2. The fraction of sp³-hybridized carbons (Fsp3) is 0.571. The lowest BCUT2D eigenvalue weighted by Gasteiger charge is -2.29. The lowest BCUT2D eigenvalue weighted by molar-refractivity contribution is -0.137. The third kappa shape index (κ3) is 5.87. The summed E-state index contributed by atoms with van der Waals surface area (Å²) in [5.41, 5.74) is 0.0592. The molecule has 0 bridgehead atoms. The van der Waals surface area contributed by atoms with Crippen molar-refractivity contribution in [3.8, 4) is 0 Å². The van der Waals surface area contributed by atoms with Crippen LogP contribution in [0.25, 0.3) is 0 Å². The maximum absolute atomic E-state index is 13.1. The van der Waals surface area contributed by atoms with Crippen molar-refractivity contribution < 1.29 is 18.0 Å². The zero-order valence-corrected chi connectivity index (χ0v) is 19.0. The Labute approximate surface area is 184 Å². The van der Waals surface area contributed by atoms with Gasteiger partial charge in [0.05, 0.1) is 16.8 Å². The predicted octanol–water partition coefficient (Wildman–Crippen LogP) is 4.64. The highest BCUT2D eigenvalue weighted by molar-refractivity contribution is 7.15. The Balaban J connectivity index is 1.57. The summed E-state index contributed by atoms with van der Waals surface area (Å²) in [6, 6.07) is 0.822. The largest absolute Gasteiger partial charge is 0.417 e. The maximum Gasteiger partial charge on any atom is 0.417 e. The SMILES string of the molecule is Cc1nc(NC[C@H]2CC[C@H](NC(=O)c3cc(C(F)(F)F)cnc3N(C)C)CC2)sc1C. The van der Waals surface area contributed by atoms with E-state index in [9.17, 15) is 18.0 Å². The number of alkyl halides is 3. The third-order valence-electron chi connectivity index (χ3n) is 5.61. The van der Waals surface area contributed by atoms with Crippen LogP contribution < -0.4 is 15.5 Å². The quantitative estimate of drug-likeness (QED) is 0.664. The standard InChI is InChI=1S/C21H28F3N5OS/c1-12-13(2)31-20(27-12)26-10-14-5-7-16(8-6-14)28-19(30)17-9-15(21(22,23)24)11-25-18(17)29(3)4/h9,11,14,16H,5-8,10H2,1-4H3,(H,26,27)(H,28,30)/t14-,16-. The number of carbonyl (C=O) groups is 1. The molecule has 3 rings (SSSR count). The average molecular weight is 456 g/mol. The van der Waals surface area contributed by atoms with Gasteiger partial charge < -0.3 is 15.5 Å². The van der Waals surface area contributed by atoms with Crippen molar-refractivity contribution in [1.82, 2.24) is 15.3 Å². The molecule has 0 spiro atoms. The minimum Gasteiger partial charge on any atom is -0.362 e. The van der Waals surface area contributed by atoms with Crippen molar-refractivity contribution in [2.45, 2.75) is 51.7 Å². The van der Waals surface area contributed by atoms with Gasteiger partial charge >= 0.3 is 6.18 Å². The van der Waals surface area contributed by atoms with Gasteiger partial charge in [-0.15, -0.1) is 11.3 Å². The summed E-state index contributed by atoms with van der Waals surface area (Å²) in [6.07, 6.45) is -0.344. The number of hydrogen-bond donors (Lipinski definition) is 2. The van der Waals surface area contributed by atoms with Gasteiger partial charge in [0.2, 0.25) is 0 Å². The summed E-state index contributed by atoms with van der Waals surface area (Å²) in [7, 11) is 3.30. The van der Waals surface area contributed by atoms with Crippen LogP contribution in [0.3, 0.4) is 0 Å². The second-order valence-corrected chi connectivity index (χ2v) is 9.42. The molecule has 31 heavy (non-hydrogen) atoms. The van der Waals surface area contributed by atoms with Crippen molar-refractivity contribution >= 4 is 28.2 Å². The second kappa shape index (κ2) is 9.42. The number of hydrogen-bond acceptors (Lipinski definition) is 6. The van der Waals surface area contributed by atoms with Gasteiger partial charge in [-0.25, -0.2) is 9.97 Å². The van der Waals surface area contributed by atoms with Crippen LogP contribution in [0.4, 0.5) is 24.1 Å². The van der Waals surface area contributed by atoms with Gasteiger partial charge in [-0.3, -0.25) is 4.79 Å². The predicted molar refractivity (Wildman–Crippen MR) is 117 cm³/mol. The minimum atomic E-state index is -4.55. The van der Waals surface area contributed by atoms with E-state index in [0.717, 1.165) is 55.3 Å². The number of thiazole rings is 1. The fourth-order valence-corrected chi connectivity index (χ4v) is 4.51. The summed E-state index contributed by atoms with van der Waals surface area (Å²) < 4.78 is 39.3. The number of carbonyl (C=O) groups excluding carboxylic acids is 1. The molecule has 1 aliphatic rings. The van der Waals surface area contributed by atoms with Crippen molar-refractivity contribution in [3.63, 3.8) is 0 Å². The molecule has 1 saturated carbocycles. The maximum atomic E-state index is 13.1. The Bertz CT molecular complexity index is 901. The molecule has 2 N–H and O–H groups in total. The van der Waals surface area contributed by atoms with Crippen LogP contribution in [0.15, 0.2) is 12.3 Å². The van der Waals surface area contributed by atoms with Crippen LogP contribution in [-0.2, 0) is 6.18 Å². The zero-order valence-electron chi connectivity index (χ0n) is 18.1. The van der Waals surface area contributed by atoms with Crippen molar-refractivity contribution in [2.75, 3.05) is 30.9 Å². The number of aryl methyl sites for hydroxylation is 2. The minimum absolute atomic E-state index is 0.0573. The molecule has 1 amide bonds. The van der Waals surface area contributed by atoms with Crippen LogP contribution in [-0.4, -0.2) is 42.6 Å². The highest BCUT2D eigenvalue weighted by Gasteiger charge is 2.33. The highest BCUT2D eigenvalue weighted by atomic mass is 32.1. The molecular formula is C21H28F3N5OS. The van der Waals surface area contributed by atoms with Crippen molar-refractivity contribution in [1.29, 1.82) is 0 Å². The topological polar surface area (TPSA) is 70.1 Å². The molecule has 1 fully saturated rings. The summed E-state index contributed by atoms with van der Waals surface area (Å²) >= 11 is 1.65. The van der Waals surface area contributed by atoms with Crippen LogP contribution in [0, 0.1) is 19.8 Å². The lowest BCUT2D eigenvalue weighted by atomic mass is 9.86. The van der Waals surface area contributed by atoms with E-state index in [4.69, 9.17) is 0 Å². The molecule has 2 aromatic heterocycles. The number of nitrogens with one attached hydrogen (secondary N) is 2. The van der Waals surface area contributed by atoms with Gasteiger partial charge in [0.1, 0.15) is 5.82 Å². The van der Waals surface area contributed by atoms with Gasteiger partial charge in [0, 0.05) is 37.8 Å². The summed E-state index contributed by atoms with van der Waals surface area (Å²) in [5.74, 6) is 0.181. The first-order valence-corrected chi connectivity index (χ1v) is 11.1. The second-order valence-electron chi connectivity index (χ2n) is 8.22. The molecule has 1 aliphatic carbocycles. The van der Waals surface area contributed by atoms with E-state index in [1.807, 2.05) is 13.8 Å². The van der Waals surface area contributed by atoms with Crippen molar-refractivity contribution in [3.05, 3.63) is 34.0 Å². The Morgan fingerprint density at radius 1 is 1.23 bits per heavy atom. The number of pyridine rings is 1. The van der Waals surface area contributed by atoms with Gasteiger partial charge in [-0.2, -0.15) is 13.2 Å². The van der Waals surface area contributed by atoms with Gasteiger partial charge in [-0.05, 0) is 51.5 Å². The molecule has 0 radical (unpaired) electrons. The van der Waals surface area contributed by atoms with E-state index in [1.54, 1.807) is 30.3 Å². The number of nitrogens with zero attached hydrogens (tertiary/aromatic N) is 3. The van der Waals surface area contributed by atoms with E-state index in [0.29, 0.717) is 5.92 Å². The molecule has 0 unspecified atom stereocenters. The van der Waals surface area contributed by atoms with E-state index in [1.165, 1.54) is 4.88 Å². The molecule has 10 heteroatoms. The normalized spacial score (nSPS) is 19.2. The van der Waals surface area contributed by atoms with Crippen LogP contribution in [0.1, 0.15) is 52.2 Å². The lowest BCUT2D eigenvalue weighted by Crippen LogP contribution is -2.39. The molecule has 0 saturated heterocycles. The molecule has 2 aromatic rings. The van der Waals surface area contributed by atoms with Crippen LogP contribution in [0.2, 0.25) is 0 Å². The molecule has 6 nitrogen and oxygen atoms in total. The highest BCUT2D eigenvalue weighted by Crippen LogP contribution is 2.32. The molecule has 170 valence electrons. The Hall–Kier alpha value is -2.36. The number of amides is 1. The van der Waals surface area contributed by atoms with Gasteiger partial charge in [0.25, 0.3) is 5.91 Å².